The van der Waals surface area contributed by atoms with Gasteiger partial charge in [0.2, 0.25) is 0 Å². The summed E-state index contributed by atoms with van der Waals surface area (Å²) in [6, 6.07) is 5.22. The smallest absolute Gasteiger partial charge is 0.338 e. The number of aryl methyl sites for hydroxylation is 3. The predicted octanol–water partition coefficient (Wildman–Crippen LogP) is 2.87. The molecule has 0 fully saturated rings. The molecule has 1 unspecified atom stereocenters. The summed E-state index contributed by atoms with van der Waals surface area (Å²) in [5.41, 5.74) is 2.03. The van der Waals surface area contributed by atoms with Crippen LogP contribution in [0.1, 0.15) is 28.4 Å². The predicted molar refractivity (Wildman–Crippen MR) is 134 cm³/mol. The van der Waals surface area contributed by atoms with E-state index in [-0.39, 0.29) is 22.7 Å². The van der Waals surface area contributed by atoms with E-state index in [2.05, 4.69) is 15.5 Å². The first-order valence-electron chi connectivity index (χ1n) is 11.9. The first kappa shape index (κ1) is 23.8. The number of carboxylic acids is 1. The van der Waals surface area contributed by atoms with Gasteiger partial charge in [-0.05, 0) is 49.2 Å². The SMILES string of the molecule is Cc1cc(-n2nc3c(c2-n2ccn(-c4ccc5c(cnn5C)c4F)c2=O)C(C(=O)O)NCC3)cc(C)c1F. The third-order valence-electron chi connectivity index (χ3n) is 6.99. The monoisotopic (exact) mass is 519 g/mol. The summed E-state index contributed by atoms with van der Waals surface area (Å²) in [5.74, 6) is -1.90. The average Bonchev–Trinajstić information content (AvgIpc) is 3.57. The highest BCUT2D eigenvalue weighted by Crippen LogP contribution is 2.32. The van der Waals surface area contributed by atoms with Gasteiger partial charge in [0, 0.05) is 38.0 Å². The fraction of sp³-hybridized carbons (Fsp3) is 0.231. The number of rotatable bonds is 4. The minimum absolute atomic E-state index is 0.0237. The van der Waals surface area contributed by atoms with E-state index in [4.69, 9.17) is 0 Å². The number of aromatic nitrogens is 6. The Balaban J connectivity index is 1.61. The van der Waals surface area contributed by atoms with Gasteiger partial charge in [-0.15, -0.1) is 0 Å². The van der Waals surface area contributed by atoms with Crippen LogP contribution < -0.4 is 11.0 Å². The Kier molecular flexibility index (Phi) is 5.31. The minimum Gasteiger partial charge on any atom is -0.480 e. The lowest BCUT2D eigenvalue weighted by Crippen LogP contribution is -2.36. The van der Waals surface area contributed by atoms with Crippen LogP contribution in [0, 0.1) is 25.5 Å². The molecule has 4 heterocycles. The van der Waals surface area contributed by atoms with E-state index in [0.29, 0.717) is 46.6 Å². The van der Waals surface area contributed by atoms with Crippen LogP contribution in [0.25, 0.3) is 28.1 Å². The summed E-state index contributed by atoms with van der Waals surface area (Å²) in [4.78, 5) is 25.9. The molecule has 10 nitrogen and oxygen atoms in total. The molecule has 38 heavy (non-hydrogen) atoms. The first-order chi connectivity index (χ1) is 18.2. The highest BCUT2D eigenvalue weighted by molar-refractivity contribution is 5.82. The van der Waals surface area contributed by atoms with Crippen LogP contribution in [0.5, 0.6) is 0 Å². The van der Waals surface area contributed by atoms with Crippen molar-refractivity contribution in [2.75, 3.05) is 6.54 Å². The summed E-state index contributed by atoms with van der Waals surface area (Å²) in [6.07, 6.45) is 4.68. The second kappa shape index (κ2) is 8.48. The number of imidazole rings is 1. The zero-order valence-electron chi connectivity index (χ0n) is 20.7. The molecule has 5 aromatic rings. The van der Waals surface area contributed by atoms with Crippen molar-refractivity contribution < 1.29 is 18.7 Å². The number of nitrogens with one attached hydrogen (secondary N) is 1. The average molecular weight is 520 g/mol. The number of halogens is 2. The maximum absolute atomic E-state index is 15.4. The van der Waals surface area contributed by atoms with E-state index < -0.39 is 23.5 Å². The zero-order valence-corrected chi connectivity index (χ0v) is 20.7. The molecule has 0 saturated heterocycles. The van der Waals surface area contributed by atoms with Gasteiger partial charge in [0.05, 0.1) is 34.2 Å². The van der Waals surface area contributed by atoms with Crippen molar-refractivity contribution in [3.63, 3.8) is 0 Å². The molecule has 0 amide bonds. The number of fused-ring (bicyclic) bond motifs is 2. The molecule has 3 aromatic heterocycles. The van der Waals surface area contributed by atoms with E-state index >= 15 is 4.39 Å². The Morgan fingerprint density at radius 1 is 1.11 bits per heavy atom. The fourth-order valence-corrected chi connectivity index (χ4v) is 5.14. The molecule has 12 heteroatoms. The van der Waals surface area contributed by atoms with E-state index in [1.54, 1.807) is 39.1 Å². The summed E-state index contributed by atoms with van der Waals surface area (Å²) in [5, 5.41) is 21.9. The number of hydrogen-bond acceptors (Lipinski definition) is 5. The summed E-state index contributed by atoms with van der Waals surface area (Å²) in [6.45, 7) is 3.63. The van der Waals surface area contributed by atoms with Gasteiger partial charge in [0.1, 0.15) is 17.7 Å². The normalized spacial score (nSPS) is 15.2. The van der Waals surface area contributed by atoms with Crippen molar-refractivity contribution in [2.45, 2.75) is 26.3 Å². The van der Waals surface area contributed by atoms with Crippen molar-refractivity contribution in [1.82, 2.24) is 34.0 Å². The highest BCUT2D eigenvalue weighted by Gasteiger charge is 2.35. The lowest BCUT2D eigenvalue weighted by Gasteiger charge is -2.21. The molecule has 1 aliphatic heterocycles. The van der Waals surface area contributed by atoms with E-state index in [0.717, 1.165) is 4.57 Å². The molecule has 2 aromatic carbocycles. The quantitative estimate of drug-likeness (QED) is 0.378. The Hall–Kier alpha value is -4.58. The van der Waals surface area contributed by atoms with Crippen LogP contribution in [0.2, 0.25) is 0 Å². The van der Waals surface area contributed by atoms with Gasteiger partial charge in [0.15, 0.2) is 5.82 Å². The van der Waals surface area contributed by atoms with Gasteiger partial charge in [-0.25, -0.2) is 18.3 Å². The maximum Gasteiger partial charge on any atom is 0.338 e. The molecular weight excluding hydrogens is 496 g/mol. The van der Waals surface area contributed by atoms with Gasteiger partial charge in [-0.3, -0.25) is 18.6 Å². The second-order valence-electron chi connectivity index (χ2n) is 9.39. The number of carboxylic acid groups (broad SMARTS) is 1. The van der Waals surface area contributed by atoms with E-state index in [9.17, 15) is 19.1 Å². The van der Waals surface area contributed by atoms with Crippen molar-refractivity contribution in [2.24, 2.45) is 7.05 Å². The van der Waals surface area contributed by atoms with Crippen molar-refractivity contribution in [1.29, 1.82) is 0 Å². The molecule has 0 saturated carbocycles. The number of benzene rings is 2. The Bertz CT molecular complexity index is 1810. The van der Waals surface area contributed by atoms with Gasteiger partial charge < -0.3 is 10.4 Å². The molecule has 2 N–H and O–H groups in total. The van der Waals surface area contributed by atoms with Gasteiger partial charge in [0.25, 0.3) is 0 Å². The van der Waals surface area contributed by atoms with Crippen LogP contribution >= 0.6 is 0 Å². The molecule has 0 spiro atoms. The van der Waals surface area contributed by atoms with Crippen molar-refractivity contribution in [3.8, 4) is 17.2 Å². The molecule has 1 atom stereocenters. The van der Waals surface area contributed by atoms with Crippen LogP contribution in [0.15, 0.2) is 47.7 Å². The van der Waals surface area contributed by atoms with Crippen LogP contribution in [-0.4, -0.2) is 46.3 Å². The van der Waals surface area contributed by atoms with E-state index in [1.165, 1.54) is 38.6 Å². The molecule has 0 radical (unpaired) electrons. The standard InChI is InChI=1S/C26H23F2N7O3/c1-13-10-15(11-14(2)21(13)27)35-24(20-17(31-35)6-7-29-23(20)25(36)37)34-9-8-33(26(34)38)19-5-4-18-16(22(19)28)12-30-32(18)3/h4-5,8-12,23,29H,6-7H2,1-3H3,(H,36,37). The first-order valence-corrected chi connectivity index (χ1v) is 11.9. The molecular formula is C26H23F2N7O3. The fourth-order valence-electron chi connectivity index (χ4n) is 5.14. The van der Waals surface area contributed by atoms with E-state index in [1.807, 2.05) is 0 Å². The largest absolute Gasteiger partial charge is 0.480 e. The molecule has 194 valence electrons. The third-order valence-corrected chi connectivity index (χ3v) is 6.99. The molecule has 0 aliphatic carbocycles. The van der Waals surface area contributed by atoms with Crippen molar-refractivity contribution in [3.05, 3.63) is 87.4 Å². The van der Waals surface area contributed by atoms with Crippen molar-refractivity contribution >= 4 is 16.9 Å². The summed E-state index contributed by atoms with van der Waals surface area (Å²) in [7, 11) is 1.69. The second-order valence-corrected chi connectivity index (χ2v) is 9.39. The number of aliphatic carboxylic acids is 1. The topological polar surface area (TPSA) is 112 Å². The van der Waals surface area contributed by atoms with Crippen LogP contribution in [0.3, 0.4) is 0 Å². The number of nitrogens with zero attached hydrogens (tertiary/aromatic N) is 6. The van der Waals surface area contributed by atoms with Crippen LogP contribution in [-0.2, 0) is 18.3 Å². The van der Waals surface area contributed by atoms with Gasteiger partial charge in [-0.1, -0.05) is 0 Å². The summed E-state index contributed by atoms with van der Waals surface area (Å²) >= 11 is 0. The number of carbonyl (C=O) groups is 1. The molecule has 6 rings (SSSR count). The highest BCUT2D eigenvalue weighted by atomic mass is 19.1. The Morgan fingerprint density at radius 3 is 2.53 bits per heavy atom. The lowest BCUT2D eigenvalue weighted by atomic mass is 10.0. The zero-order chi connectivity index (χ0) is 26.9. The van der Waals surface area contributed by atoms with Crippen LogP contribution in [0.4, 0.5) is 8.78 Å². The van der Waals surface area contributed by atoms with Gasteiger partial charge in [-0.2, -0.15) is 10.2 Å². The Morgan fingerprint density at radius 2 is 1.82 bits per heavy atom. The van der Waals surface area contributed by atoms with Gasteiger partial charge >= 0.3 is 11.7 Å². The lowest BCUT2D eigenvalue weighted by molar-refractivity contribution is -0.139. The summed E-state index contributed by atoms with van der Waals surface area (Å²) < 4.78 is 35.3. The third kappa shape index (κ3) is 3.40. The molecule has 0 bridgehead atoms. The Labute approximate surface area is 214 Å². The minimum atomic E-state index is -1.13. The number of hydrogen-bond donors (Lipinski definition) is 2. The maximum atomic E-state index is 15.4. The molecule has 1 aliphatic rings.